The summed E-state index contributed by atoms with van der Waals surface area (Å²) in [5.41, 5.74) is 6.52. The molecule has 0 saturated heterocycles. The third-order valence-corrected chi connectivity index (χ3v) is 4.14. The summed E-state index contributed by atoms with van der Waals surface area (Å²) in [5.74, 6) is 0.892. The number of nitrogens with zero attached hydrogens (tertiary/aromatic N) is 1. The molecule has 0 unspecified atom stereocenters. The SMILES string of the molecule is CNCc1cccc(Nc2ccc(-c3nc4ccccc4[nH]3)cc2)c1.O=CO. The Morgan fingerprint density at radius 2 is 1.75 bits per heavy atom. The number of benzene rings is 3. The van der Waals surface area contributed by atoms with Crippen molar-refractivity contribution < 1.29 is 9.90 Å². The van der Waals surface area contributed by atoms with Gasteiger partial charge < -0.3 is 20.7 Å². The molecule has 0 saturated carbocycles. The van der Waals surface area contributed by atoms with Gasteiger partial charge in [0.05, 0.1) is 11.0 Å². The average molecular weight is 374 g/mol. The van der Waals surface area contributed by atoms with Gasteiger partial charge in [-0.3, -0.25) is 4.79 Å². The van der Waals surface area contributed by atoms with Crippen LogP contribution < -0.4 is 10.6 Å². The Labute approximate surface area is 163 Å². The van der Waals surface area contributed by atoms with E-state index in [1.54, 1.807) is 0 Å². The Morgan fingerprint density at radius 1 is 1.00 bits per heavy atom. The maximum atomic E-state index is 8.36. The van der Waals surface area contributed by atoms with E-state index < -0.39 is 0 Å². The highest BCUT2D eigenvalue weighted by molar-refractivity contribution is 5.79. The minimum atomic E-state index is -0.250. The number of carboxylic acid groups (broad SMARTS) is 1. The molecule has 6 nitrogen and oxygen atoms in total. The molecule has 0 fully saturated rings. The predicted molar refractivity (Wildman–Crippen MR) is 113 cm³/mol. The smallest absolute Gasteiger partial charge is 0.290 e. The number of nitrogens with one attached hydrogen (secondary N) is 3. The van der Waals surface area contributed by atoms with E-state index in [4.69, 9.17) is 9.90 Å². The minimum Gasteiger partial charge on any atom is -0.483 e. The van der Waals surface area contributed by atoms with Crippen LogP contribution in [-0.2, 0) is 11.3 Å². The fourth-order valence-corrected chi connectivity index (χ4v) is 2.93. The van der Waals surface area contributed by atoms with Gasteiger partial charge in [0, 0.05) is 23.5 Å². The number of para-hydroxylation sites is 2. The van der Waals surface area contributed by atoms with Gasteiger partial charge in [-0.2, -0.15) is 0 Å². The van der Waals surface area contributed by atoms with E-state index in [1.165, 1.54) is 5.56 Å². The number of imidazole rings is 1. The quantitative estimate of drug-likeness (QED) is 0.389. The van der Waals surface area contributed by atoms with Crippen molar-refractivity contribution in [1.82, 2.24) is 15.3 Å². The topological polar surface area (TPSA) is 90.0 Å². The zero-order valence-corrected chi connectivity index (χ0v) is 15.5. The van der Waals surface area contributed by atoms with Crippen LogP contribution in [0.3, 0.4) is 0 Å². The minimum absolute atomic E-state index is 0.250. The van der Waals surface area contributed by atoms with Crippen molar-refractivity contribution in [3.8, 4) is 11.4 Å². The molecule has 0 aliphatic rings. The van der Waals surface area contributed by atoms with Gasteiger partial charge in [-0.25, -0.2) is 4.98 Å². The van der Waals surface area contributed by atoms with E-state index in [1.807, 2.05) is 31.3 Å². The van der Waals surface area contributed by atoms with Gasteiger partial charge in [0.2, 0.25) is 0 Å². The Hall–Kier alpha value is -3.64. The largest absolute Gasteiger partial charge is 0.483 e. The van der Waals surface area contributed by atoms with E-state index in [2.05, 4.69) is 69.1 Å². The molecule has 0 spiro atoms. The normalized spacial score (nSPS) is 10.2. The highest BCUT2D eigenvalue weighted by Crippen LogP contribution is 2.24. The molecular weight excluding hydrogens is 352 g/mol. The summed E-state index contributed by atoms with van der Waals surface area (Å²) in [5, 5.41) is 13.5. The summed E-state index contributed by atoms with van der Waals surface area (Å²) >= 11 is 0. The maximum Gasteiger partial charge on any atom is 0.290 e. The Morgan fingerprint density at radius 3 is 2.46 bits per heavy atom. The van der Waals surface area contributed by atoms with E-state index in [-0.39, 0.29) is 6.47 Å². The molecule has 0 atom stereocenters. The van der Waals surface area contributed by atoms with Crippen molar-refractivity contribution in [3.05, 3.63) is 78.4 Å². The first-order valence-electron chi connectivity index (χ1n) is 8.87. The summed E-state index contributed by atoms with van der Waals surface area (Å²) in [4.78, 5) is 16.4. The van der Waals surface area contributed by atoms with Crippen LogP contribution in [0, 0.1) is 0 Å². The number of anilines is 2. The van der Waals surface area contributed by atoms with Gasteiger partial charge in [-0.1, -0.05) is 24.3 Å². The van der Waals surface area contributed by atoms with Crippen molar-refractivity contribution in [3.63, 3.8) is 0 Å². The van der Waals surface area contributed by atoms with Crippen molar-refractivity contribution in [2.45, 2.75) is 6.54 Å². The lowest BCUT2D eigenvalue weighted by Gasteiger charge is -2.09. The molecular formula is C22H22N4O2. The zero-order chi connectivity index (χ0) is 19.8. The van der Waals surface area contributed by atoms with Gasteiger partial charge >= 0.3 is 0 Å². The standard InChI is InChI=1S/C21H20N4.CH2O2/c1-22-14-15-5-4-6-18(13-15)23-17-11-9-16(10-12-17)21-24-19-7-2-3-8-20(19)25-21;2-1-3/h2-13,22-23H,14H2,1H3,(H,24,25);1H,(H,2,3). The van der Waals surface area contributed by atoms with E-state index in [0.29, 0.717) is 0 Å². The van der Waals surface area contributed by atoms with Crippen LogP contribution in [0.2, 0.25) is 0 Å². The Balaban J connectivity index is 0.000000706. The molecule has 4 aromatic rings. The van der Waals surface area contributed by atoms with Gasteiger partial charge in [0.1, 0.15) is 5.82 Å². The molecule has 3 aromatic carbocycles. The average Bonchev–Trinajstić information content (AvgIpc) is 3.14. The fourth-order valence-electron chi connectivity index (χ4n) is 2.93. The second kappa shape index (κ2) is 9.34. The molecule has 1 aromatic heterocycles. The molecule has 4 N–H and O–H groups in total. The molecule has 0 aliphatic heterocycles. The molecule has 142 valence electrons. The van der Waals surface area contributed by atoms with Gasteiger partial charge in [0.15, 0.2) is 0 Å². The van der Waals surface area contributed by atoms with Gasteiger partial charge in [0.25, 0.3) is 6.47 Å². The molecule has 6 heteroatoms. The number of hydrogen-bond acceptors (Lipinski definition) is 4. The second-order valence-corrected chi connectivity index (χ2v) is 6.14. The number of rotatable bonds is 5. The number of aromatic nitrogens is 2. The van der Waals surface area contributed by atoms with E-state index >= 15 is 0 Å². The maximum absolute atomic E-state index is 8.36. The lowest BCUT2D eigenvalue weighted by Crippen LogP contribution is -2.05. The van der Waals surface area contributed by atoms with Crippen molar-refractivity contribution >= 4 is 28.9 Å². The van der Waals surface area contributed by atoms with Crippen LogP contribution >= 0.6 is 0 Å². The molecule has 1 heterocycles. The number of fused-ring (bicyclic) bond motifs is 1. The van der Waals surface area contributed by atoms with Crippen LogP contribution in [0.5, 0.6) is 0 Å². The lowest BCUT2D eigenvalue weighted by molar-refractivity contribution is -0.122. The fraction of sp³-hybridized carbons (Fsp3) is 0.0909. The summed E-state index contributed by atoms with van der Waals surface area (Å²) in [6.07, 6.45) is 0. The van der Waals surface area contributed by atoms with Gasteiger partial charge in [-0.05, 0) is 61.1 Å². The first-order chi connectivity index (χ1) is 13.7. The van der Waals surface area contributed by atoms with Crippen molar-refractivity contribution in [2.75, 3.05) is 12.4 Å². The molecule has 0 amide bonds. The third kappa shape index (κ3) is 4.75. The van der Waals surface area contributed by atoms with Crippen molar-refractivity contribution in [2.24, 2.45) is 0 Å². The second-order valence-electron chi connectivity index (χ2n) is 6.14. The number of H-pyrrole nitrogens is 1. The predicted octanol–water partition coefficient (Wildman–Crippen LogP) is 4.39. The van der Waals surface area contributed by atoms with Crippen molar-refractivity contribution in [1.29, 1.82) is 0 Å². The van der Waals surface area contributed by atoms with Crippen LogP contribution in [0.25, 0.3) is 22.4 Å². The number of hydrogen-bond donors (Lipinski definition) is 4. The zero-order valence-electron chi connectivity index (χ0n) is 15.5. The van der Waals surface area contributed by atoms with Crippen LogP contribution in [0.15, 0.2) is 72.8 Å². The Bertz CT molecular complexity index is 1010. The molecule has 28 heavy (non-hydrogen) atoms. The van der Waals surface area contributed by atoms with Crippen LogP contribution in [0.4, 0.5) is 11.4 Å². The number of aromatic amines is 1. The summed E-state index contributed by atoms with van der Waals surface area (Å²) in [7, 11) is 1.96. The van der Waals surface area contributed by atoms with Crippen LogP contribution in [-0.4, -0.2) is 28.6 Å². The highest BCUT2D eigenvalue weighted by atomic mass is 16.3. The first kappa shape index (κ1) is 19.1. The number of carbonyl (C=O) groups is 1. The van der Waals surface area contributed by atoms with Crippen LogP contribution in [0.1, 0.15) is 5.56 Å². The summed E-state index contributed by atoms with van der Waals surface area (Å²) in [6.45, 7) is 0.612. The Kier molecular flexibility index (Phi) is 6.38. The third-order valence-electron chi connectivity index (χ3n) is 4.14. The molecule has 0 radical (unpaired) electrons. The lowest BCUT2D eigenvalue weighted by atomic mass is 10.1. The molecule has 0 bridgehead atoms. The van der Waals surface area contributed by atoms with E-state index in [9.17, 15) is 0 Å². The summed E-state index contributed by atoms with van der Waals surface area (Å²) < 4.78 is 0. The summed E-state index contributed by atoms with van der Waals surface area (Å²) in [6, 6.07) is 24.8. The van der Waals surface area contributed by atoms with E-state index in [0.717, 1.165) is 40.3 Å². The molecule has 0 aliphatic carbocycles. The monoisotopic (exact) mass is 374 g/mol. The first-order valence-corrected chi connectivity index (χ1v) is 8.87. The highest BCUT2D eigenvalue weighted by Gasteiger charge is 2.05. The van der Waals surface area contributed by atoms with Gasteiger partial charge in [-0.15, -0.1) is 0 Å². The molecule has 4 rings (SSSR count).